The molecule has 1 aromatic rings. The molecule has 0 saturated carbocycles. The predicted molar refractivity (Wildman–Crippen MR) is 106 cm³/mol. The third-order valence-corrected chi connectivity index (χ3v) is 4.26. The Morgan fingerprint density at radius 3 is 2.88 bits per heavy atom. The number of hydrogen-bond donors (Lipinski definition) is 3. The molecule has 3 atom stereocenters. The van der Waals surface area contributed by atoms with Gasteiger partial charge in [0.05, 0.1) is 18.2 Å². The highest BCUT2D eigenvalue weighted by Crippen LogP contribution is 2.34. The average molecular weight is 462 g/mol. The van der Waals surface area contributed by atoms with Crippen molar-refractivity contribution in [2.75, 3.05) is 18.4 Å². The number of guanidine groups is 1. The molecular formula is C17H24FIN4O2. The number of aliphatic imine (C=N–C) groups is 1. The maximum absolute atomic E-state index is 13.1. The summed E-state index contributed by atoms with van der Waals surface area (Å²) in [5, 5.41) is 9.13. The molecule has 2 saturated heterocycles. The van der Waals surface area contributed by atoms with Crippen LogP contribution in [-0.2, 0) is 9.53 Å². The molecule has 6 nitrogen and oxygen atoms in total. The summed E-state index contributed by atoms with van der Waals surface area (Å²) in [6.07, 6.45) is 3.77. The minimum Gasteiger partial charge on any atom is -0.373 e. The highest BCUT2D eigenvalue weighted by molar-refractivity contribution is 14.0. The minimum absolute atomic E-state index is 0. The lowest BCUT2D eigenvalue weighted by molar-refractivity contribution is -0.114. The molecule has 3 rings (SSSR count). The van der Waals surface area contributed by atoms with Gasteiger partial charge in [0.2, 0.25) is 5.91 Å². The van der Waals surface area contributed by atoms with E-state index in [1.807, 2.05) is 6.92 Å². The van der Waals surface area contributed by atoms with E-state index in [1.165, 1.54) is 12.1 Å². The summed E-state index contributed by atoms with van der Waals surface area (Å²) in [7, 11) is 0. The van der Waals surface area contributed by atoms with E-state index in [1.54, 1.807) is 12.1 Å². The molecule has 138 valence electrons. The number of benzene rings is 1. The van der Waals surface area contributed by atoms with Crippen molar-refractivity contribution < 1.29 is 13.9 Å². The molecule has 2 heterocycles. The summed E-state index contributed by atoms with van der Waals surface area (Å²) in [5.41, 5.74) is 0.426. The van der Waals surface area contributed by atoms with E-state index in [-0.39, 0.29) is 54.4 Å². The van der Waals surface area contributed by atoms with Gasteiger partial charge in [-0.25, -0.2) is 9.38 Å². The van der Waals surface area contributed by atoms with Gasteiger partial charge in [0, 0.05) is 12.2 Å². The number of carbonyl (C=O) groups excluding carboxylic acids is 1. The fraction of sp³-hybridized carbons (Fsp3) is 0.529. The first-order valence-corrected chi connectivity index (χ1v) is 8.39. The van der Waals surface area contributed by atoms with Crippen LogP contribution in [0.3, 0.4) is 0 Å². The van der Waals surface area contributed by atoms with Gasteiger partial charge in [-0.15, -0.1) is 24.0 Å². The summed E-state index contributed by atoms with van der Waals surface area (Å²) < 4.78 is 18.9. The van der Waals surface area contributed by atoms with Crippen LogP contribution in [0.25, 0.3) is 0 Å². The zero-order chi connectivity index (χ0) is 16.9. The Balaban J connectivity index is 0.00000225. The minimum atomic E-state index is -0.386. The Kier molecular flexibility index (Phi) is 7.42. The van der Waals surface area contributed by atoms with Gasteiger partial charge in [-0.1, -0.05) is 6.07 Å². The van der Waals surface area contributed by atoms with Crippen molar-refractivity contribution >= 4 is 41.5 Å². The quantitative estimate of drug-likeness (QED) is 0.357. The number of anilines is 1. The molecule has 1 amide bonds. The normalized spacial score (nSPS) is 24.6. The molecule has 0 spiro atoms. The maximum atomic E-state index is 13.1. The molecule has 25 heavy (non-hydrogen) atoms. The molecule has 3 unspecified atom stereocenters. The number of rotatable bonds is 5. The smallest absolute Gasteiger partial charge is 0.246 e. The first-order valence-electron chi connectivity index (χ1n) is 8.39. The number of hydrogen-bond acceptors (Lipinski definition) is 3. The SMILES string of the molecule is CCNC(=NCC(=O)Nc1cccc(F)c1)NC1CC2CCC1O2.I. The number of fused-ring (bicyclic) bond motifs is 2. The van der Waals surface area contributed by atoms with E-state index in [0.29, 0.717) is 24.3 Å². The van der Waals surface area contributed by atoms with Crippen LogP contribution in [0.15, 0.2) is 29.3 Å². The lowest BCUT2D eigenvalue weighted by Gasteiger charge is -2.22. The topological polar surface area (TPSA) is 74.8 Å². The second kappa shape index (κ2) is 9.33. The van der Waals surface area contributed by atoms with E-state index in [0.717, 1.165) is 19.3 Å². The molecule has 2 fully saturated rings. The summed E-state index contributed by atoms with van der Waals surface area (Å²) in [5.74, 6) is -0.0716. The lowest BCUT2D eigenvalue weighted by atomic mass is 9.96. The zero-order valence-electron chi connectivity index (χ0n) is 14.1. The average Bonchev–Trinajstić information content (AvgIpc) is 3.15. The van der Waals surface area contributed by atoms with Crippen molar-refractivity contribution in [1.82, 2.24) is 10.6 Å². The van der Waals surface area contributed by atoms with E-state index in [4.69, 9.17) is 4.74 Å². The lowest BCUT2D eigenvalue weighted by Crippen LogP contribution is -2.47. The summed E-state index contributed by atoms with van der Waals surface area (Å²) >= 11 is 0. The van der Waals surface area contributed by atoms with Crippen LogP contribution in [0.5, 0.6) is 0 Å². The molecular weight excluding hydrogens is 438 g/mol. The van der Waals surface area contributed by atoms with Gasteiger partial charge in [-0.2, -0.15) is 0 Å². The van der Waals surface area contributed by atoms with E-state index >= 15 is 0 Å². The van der Waals surface area contributed by atoms with Crippen molar-refractivity contribution in [3.05, 3.63) is 30.1 Å². The fourth-order valence-electron chi connectivity index (χ4n) is 3.20. The van der Waals surface area contributed by atoms with E-state index in [9.17, 15) is 9.18 Å². The number of nitrogens with one attached hydrogen (secondary N) is 3. The Morgan fingerprint density at radius 1 is 1.40 bits per heavy atom. The van der Waals surface area contributed by atoms with Gasteiger partial charge >= 0.3 is 0 Å². The largest absolute Gasteiger partial charge is 0.373 e. The third kappa shape index (κ3) is 5.53. The highest BCUT2D eigenvalue weighted by Gasteiger charge is 2.41. The van der Waals surface area contributed by atoms with Crippen molar-refractivity contribution in [3.63, 3.8) is 0 Å². The summed E-state index contributed by atoms with van der Waals surface area (Å²) in [6, 6.07) is 6.04. The molecule has 3 N–H and O–H groups in total. The summed E-state index contributed by atoms with van der Waals surface area (Å²) in [4.78, 5) is 16.3. The van der Waals surface area contributed by atoms with Gasteiger partial charge < -0.3 is 20.7 Å². The van der Waals surface area contributed by atoms with Gasteiger partial charge in [0.1, 0.15) is 12.4 Å². The zero-order valence-corrected chi connectivity index (χ0v) is 16.5. The molecule has 2 bridgehead atoms. The number of ether oxygens (including phenoxy) is 1. The molecule has 2 aliphatic heterocycles. The maximum Gasteiger partial charge on any atom is 0.246 e. The molecule has 0 aliphatic carbocycles. The number of halogens is 2. The first-order chi connectivity index (χ1) is 11.6. The monoisotopic (exact) mass is 462 g/mol. The van der Waals surface area contributed by atoms with Gasteiger partial charge in [0.25, 0.3) is 0 Å². The molecule has 1 aromatic carbocycles. The predicted octanol–water partition coefficient (Wildman–Crippen LogP) is 2.26. The van der Waals surface area contributed by atoms with Gasteiger partial charge in [-0.3, -0.25) is 4.79 Å². The number of amides is 1. The van der Waals surface area contributed by atoms with Crippen molar-refractivity contribution in [2.45, 2.75) is 44.4 Å². The molecule has 0 radical (unpaired) electrons. The molecule has 2 aliphatic rings. The second-order valence-corrected chi connectivity index (χ2v) is 6.11. The van der Waals surface area contributed by atoms with Gasteiger partial charge in [-0.05, 0) is 44.4 Å². The van der Waals surface area contributed by atoms with E-state index in [2.05, 4.69) is 20.9 Å². The highest BCUT2D eigenvalue weighted by atomic mass is 127. The van der Waals surface area contributed by atoms with E-state index < -0.39 is 0 Å². The Hall–Kier alpha value is -1.42. The van der Waals surface area contributed by atoms with Crippen LogP contribution in [0.1, 0.15) is 26.2 Å². The second-order valence-electron chi connectivity index (χ2n) is 6.11. The van der Waals surface area contributed by atoms with Crippen LogP contribution in [0, 0.1) is 5.82 Å². The molecule has 0 aromatic heterocycles. The van der Waals surface area contributed by atoms with Crippen LogP contribution in [0.2, 0.25) is 0 Å². The number of carbonyl (C=O) groups is 1. The Bertz CT molecular complexity index is 628. The van der Waals surface area contributed by atoms with Gasteiger partial charge in [0.15, 0.2) is 5.96 Å². The number of nitrogens with zero attached hydrogens (tertiary/aromatic N) is 1. The first kappa shape index (κ1) is 19.9. The van der Waals surface area contributed by atoms with Crippen LogP contribution in [-0.4, -0.2) is 43.2 Å². The summed E-state index contributed by atoms with van der Waals surface area (Å²) in [6.45, 7) is 2.65. The van der Waals surface area contributed by atoms with Crippen LogP contribution >= 0.6 is 24.0 Å². The third-order valence-electron chi connectivity index (χ3n) is 4.26. The molecule has 8 heteroatoms. The van der Waals surface area contributed by atoms with Crippen molar-refractivity contribution in [3.8, 4) is 0 Å². The fourth-order valence-corrected chi connectivity index (χ4v) is 3.20. The van der Waals surface area contributed by atoms with Crippen molar-refractivity contribution in [1.29, 1.82) is 0 Å². The van der Waals surface area contributed by atoms with Crippen LogP contribution < -0.4 is 16.0 Å². The van der Waals surface area contributed by atoms with Crippen molar-refractivity contribution in [2.24, 2.45) is 4.99 Å². The Labute approximate surface area is 164 Å². The van der Waals surface area contributed by atoms with Crippen LogP contribution in [0.4, 0.5) is 10.1 Å². The standard InChI is InChI=1S/C17H23FN4O2.HI/c1-2-19-17(22-14-9-13-6-7-15(14)24-13)20-10-16(23)21-12-5-3-4-11(18)8-12;/h3-5,8,13-15H,2,6-7,9-10H2,1H3,(H,21,23)(H2,19,20,22);1H. The Morgan fingerprint density at radius 2 is 2.24 bits per heavy atom.